The summed E-state index contributed by atoms with van der Waals surface area (Å²) in [5.41, 5.74) is 1.03. The van der Waals surface area contributed by atoms with Gasteiger partial charge in [0.1, 0.15) is 12.4 Å². The van der Waals surface area contributed by atoms with E-state index in [4.69, 9.17) is 14.7 Å². The summed E-state index contributed by atoms with van der Waals surface area (Å²) in [7, 11) is 0. The minimum Gasteiger partial charge on any atom is -0.492 e. The van der Waals surface area contributed by atoms with Gasteiger partial charge in [0.2, 0.25) is 0 Å². The van der Waals surface area contributed by atoms with Crippen LogP contribution in [0.4, 0.5) is 0 Å². The van der Waals surface area contributed by atoms with E-state index in [1.807, 2.05) is 24.3 Å². The Balaban J connectivity index is 1.71. The van der Waals surface area contributed by atoms with Crippen molar-refractivity contribution in [3.8, 4) is 11.8 Å². The molecule has 1 aromatic carbocycles. The van der Waals surface area contributed by atoms with Gasteiger partial charge in [0, 0.05) is 26.2 Å². The van der Waals surface area contributed by atoms with Crippen LogP contribution < -0.4 is 4.74 Å². The first-order chi connectivity index (χ1) is 9.38. The van der Waals surface area contributed by atoms with Crippen molar-refractivity contribution in [2.45, 2.75) is 12.8 Å². The molecule has 0 spiro atoms. The second-order valence-electron chi connectivity index (χ2n) is 4.63. The normalized spacial score (nSPS) is 16.6. The molecule has 1 heterocycles. The smallest absolute Gasteiger partial charge is 0.119 e. The van der Waals surface area contributed by atoms with Crippen molar-refractivity contribution in [2.24, 2.45) is 0 Å². The van der Waals surface area contributed by atoms with Crippen molar-refractivity contribution in [3.05, 3.63) is 29.8 Å². The first-order valence-electron chi connectivity index (χ1n) is 6.77. The zero-order valence-corrected chi connectivity index (χ0v) is 11.2. The molecule has 0 bridgehead atoms. The molecule has 0 radical (unpaired) electrons. The summed E-state index contributed by atoms with van der Waals surface area (Å²) < 4.78 is 11.1. The maximum absolute atomic E-state index is 8.60. The molecule has 0 aliphatic carbocycles. The maximum Gasteiger partial charge on any atom is 0.119 e. The van der Waals surface area contributed by atoms with Crippen molar-refractivity contribution in [1.82, 2.24) is 4.90 Å². The lowest BCUT2D eigenvalue weighted by Crippen LogP contribution is -2.30. The van der Waals surface area contributed by atoms with Gasteiger partial charge in [-0.05, 0) is 24.1 Å². The Labute approximate surface area is 114 Å². The van der Waals surface area contributed by atoms with Crippen LogP contribution in [-0.2, 0) is 11.2 Å². The van der Waals surface area contributed by atoms with Gasteiger partial charge in [0.15, 0.2) is 0 Å². The molecule has 0 unspecified atom stereocenters. The molecule has 1 aromatic rings. The highest BCUT2D eigenvalue weighted by Crippen LogP contribution is 2.12. The lowest BCUT2D eigenvalue weighted by atomic mass is 10.2. The predicted octanol–water partition coefficient (Wildman–Crippen LogP) is 1.85. The van der Waals surface area contributed by atoms with Gasteiger partial charge in [-0.2, -0.15) is 5.26 Å². The zero-order chi connectivity index (χ0) is 13.3. The molecule has 0 saturated carbocycles. The molecule has 4 heteroatoms. The predicted molar refractivity (Wildman–Crippen MR) is 73.1 cm³/mol. The Morgan fingerprint density at radius 2 is 2.05 bits per heavy atom. The molecule has 0 N–H and O–H groups in total. The van der Waals surface area contributed by atoms with Crippen LogP contribution in [0.3, 0.4) is 0 Å². The molecule has 1 saturated heterocycles. The fourth-order valence-corrected chi connectivity index (χ4v) is 2.11. The summed E-state index contributed by atoms with van der Waals surface area (Å²) in [6, 6.07) is 9.88. The van der Waals surface area contributed by atoms with Crippen LogP contribution in [0.1, 0.15) is 12.0 Å². The molecule has 0 amide bonds. The van der Waals surface area contributed by atoms with Crippen molar-refractivity contribution in [3.63, 3.8) is 0 Å². The first kappa shape index (κ1) is 13.9. The summed E-state index contributed by atoms with van der Waals surface area (Å²) >= 11 is 0. The third kappa shape index (κ3) is 4.90. The highest BCUT2D eigenvalue weighted by Gasteiger charge is 2.08. The molecule has 1 fully saturated rings. The Kier molecular flexibility index (Phi) is 5.67. The lowest BCUT2D eigenvalue weighted by Gasteiger charge is -2.19. The summed E-state index contributed by atoms with van der Waals surface area (Å²) in [5, 5.41) is 8.60. The van der Waals surface area contributed by atoms with E-state index in [0.717, 1.165) is 50.6 Å². The van der Waals surface area contributed by atoms with Crippen LogP contribution in [0.2, 0.25) is 0 Å². The largest absolute Gasteiger partial charge is 0.492 e. The van der Waals surface area contributed by atoms with Crippen molar-refractivity contribution in [2.75, 3.05) is 39.5 Å². The molecule has 2 rings (SSSR count). The number of hydrogen-bond donors (Lipinski definition) is 0. The number of hydrogen-bond acceptors (Lipinski definition) is 4. The van der Waals surface area contributed by atoms with Gasteiger partial charge in [-0.15, -0.1) is 0 Å². The Morgan fingerprint density at radius 3 is 2.84 bits per heavy atom. The molecule has 102 valence electrons. The standard InChI is InChI=1S/C15H20N2O2/c16-7-6-14-2-4-15(5-3-14)19-13-10-17-8-1-11-18-12-9-17/h2-5H,1,6,8-13H2. The van der Waals surface area contributed by atoms with Crippen LogP contribution >= 0.6 is 0 Å². The van der Waals surface area contributed by atoms with Gasteiger partial charge in [0.05, 0.1) is 19.1 Å². The van der Waals surface area contributed by atoms with E-state index in [2.05, 4.69) is 11.0 Å². The van der Waals surface area contributed by atoms with E-state index in [1.54, 1.807) is 0 Å². The summed E-state index contributed by atoms with van der Waals surface area (Å²) in [6.07, 6.45) is 1.55. The number of nitrogens with zero attached hydrogens (tertiary/aromatic N) is 2. The SMILES string of the molecule is N#CCc1ccc(OCCN2CCCOCC2)cc1. The van der Waals surface area contributed by atoms with Crippen LogP contribution in [-0.4, -0.2) is 44.4 Å². The first-order valence-corrected chi connectivity index (χ1v) is 6.77. The van der Waals surface area contributed by atoms with E-state index < -0.39 is 0 Å². The summed E-state index contributed by atoms with van der Waals surface area (Å²) in [5.74, 6) is 0.868. The third-order valence-corrected chi connectivity index (χ3v) is 3.20. The Hall–Kier alpha value is -1.57. The van der Waals surface area contributed by atoms with E-state index in [-0.39, 0.29) is 0 Å². The molecule has 4 nitrogen and oxygen atoms in total. The van der Waals surface area contributed by atoms with Crippen molar-refractivity contribution < 1.29 is 9.47 Å². The van der Waals surface area contributed by atoms with E-state index in [1.165, 1.54) is 0 Å². The number of rotatable bonds is 5. The maximum atomic E-state index is 8.60. The van der Waals surface area contributed by atoms with E-state index in [9.17, 15) is 0 Å². The van der Waals surface area contributed by atoms with Gasteiger partial charge >= 0.3 is 0 Å². The molecule has 0 atom stereocenters. The molecule has 19 heavy (non-hydrogen) atoms. The highest BCUT2D eigenvalue weighted by atomic mass is 16.5. The molecule has 1 aliphatic heterocycles. The number of nitriles is 1. The molecule has 1 aliphatic rings. The van der Waals surface area contributed by atoms with Crippen LogP contribution in [0.5, 0.6) is 5.75 Å². The van der Waals surface area contributed by atoms with Crippen molar-refractivity contribution >= 4 is 0 Å². The van der Waals surface area contributed by atoms with Gasteiger partial charge < -0.3 is 9.47 Å². The summed E-state index contributed by atoms with van der Waals surface area (Å²) in [6.45, 7) is 5.40. The zero-order valence-electron chi connectivity index (χ0n) is 11.2. The molecular formula is C15H20N2O2. The Morgan fingerprint density at radius 1 is 1.21 bits per heavy atom. The van der Waals surface area contributed by atoms with Gasteiger partial charge in [-0.1, -0.05) is 12.1 Å². The van der Waals surface area contributed by atoms with Gasteiger partial charge in [-0.25, -0.2) is 0 Å². The van der Waals surface area contributed by atoms with Gasteiger partial charge in [0.25, 0.3) is 0 Å². The van der Waals surface area contributed by atoms with Crippen LogP contribution in [0, 0.1) is 11.3 Å². The summed E-state index contributed by atoms with van der Waals surface area (Å²) in [4.78, 5) is 2.37. The lowest BCUT2D eigenvalue weighted by molar-refractivity contribution is 0.137. The van der Waals surface area contributed by atoms with Crippen LogP contribution in [0.25, 0.3) is 0 Å². The van der Waals surface area contributed by atoms with E-state index >= 15 is 0 Å². The number of ether oxygens (including phenoxy) is 2. The topological polar surface area (TPSA) is 45.5 Å². The fourth-order valence-electron chi connectivity index (χ4n) is 2.11. The van der Waals surface area contributed by atoms with Gasteiger partial charge in [-0.3, -0.25) is 4.90 Å². The van der Waals surface area contributed by atoms with E-state index in [0.29, 0.717) is 13.0 Å². The second kappa shape index (κ2) is 7.78. The monoisotopic (exact) mass is 260 g/mol. The molecule has 0 aromatic heterocycles. The van der Waals surface area contributed by atoms with Crippen LogP contribution in [0.15, 0.2) is 24.3 Å². The minimum atomic E-state index is 0.452. The average molecular weight is 260 g/mol. The Bertz CT molecular complexity index is 403. The number of benzene rings is 1. The second-order valence-corrected chi connectivity index (χ2v) is 4.63. The molecular weight excluding hydrogens is 240 g/mol. The minimum absolute atomic E-state index is 0.452. The quantitative estimate of drug-likeness (QED) is 0.810. The van der Waals surface area contributed by atoms with Crippen molar-refractivity contribution in [1.29, 1.82) is 5.26 Å². The average Bonchev–Trinajstić information content (AvgIpc) is 2.70. The highest BCUT2D eigenvalue weighted by molar-refractivity contribution is 5.28. The third-order valence-electron chi connectivity index (χ3n) is 3.20. The fraction of sp³-hybridized carbons (Fsp3) is 0.533.